The minimum absolute atomic E-state index is 0.0700. The fourth-order valence-corrected chi connectivity index (χ4v) is 2.58. The summed E-state index contributed by atoms with van der Waals surface area (Å²) in [6.45, 7) is 5.89. The van der Waals surface area contributed by atoms with Crippen LogP contribution in [0.2, 0.25) is 0 Å². The van der Waals surface area contributed by atoms with Gasteiger partial charge in [-0.1, -0.05) is 0 Å². The Kier molecular flexibility index (Phi) is 4.56. The Bertz CT molecular complexity index is 541. The van der Waals surface area contributed by atoms with Gasteiger partial charge >= 0.3 is 0 Å². The molecule has 0 spiro atoms. The summed E-state index contributed by atoms with van der Waals surface area (Å²) >= 11 is 0. The highest BCUT2D eigenvalue weighted by atomic mass is 16.2. The molecule has 1 unspecified atom stereocenters. The Hall–Kier alpha value is -1.96. The van der Waals surface area contributed by atoms with Crippen LogP contribution >= 0.6 is 0 Å². The van der Waals surface area contributed by atoms with Crippen LogP contribution in [0.3, 0.4) is 0 Å². The zero-order chi connectivity index (χ0) is 15.6. The summed E-state index contributed by atoms with van der Waals surface area (Å²) < 4.78 is 1.71. The van der Waals surface area contributed by atoms with Crippen molar-refractivity contribution < 1.29 is 9.59 Å². The van der Waals surface area contributed by atoms with Crippen molar-refractivity contribution in [3.8, 4) is 0 Å². The van der Waals surface area contributed by atoms with Gasteiger partial charge in [-0.2, -0.15) is 5.10 Å². The Morgan fingerprint density at radius 3 is 2.62 bits per heavy atom. The molecule has 1 fully saturated rings. The van der Waals surface area contributed by atoms with Crippen LogP contribution in [0.5, 0.6) is 0 Å². The van der Waals surface area contributed by atoms with Gasteiger partial charge in [-0.05, 0) is 20.9 Å². The molecule has 1 aliphatic rings. The number of aromatic nitrogens is 3. The van der Waals surface area contributed by atoms with Crippen LogP contribution in [0.4, 0.5) is 0 Å². The third-order valence-corrected chi connectivity index (χ3v) is 3.73. The molecule has 2 rings (SSSR count). The Morgan fingerprint density at radius 1 is 1.33 bits per heavy atom. The lowest BCUT2D eigenvalue weighted by molar-refractivity contribution is -0.142. The van der Waals surface area contributed by atoms with Gasteiger partial charge in [-0.25, -0.2) is 9.67 Å². The highest BCUT2D eigenvalue weighted by Crippen LogP contribution is 2.11. The molecule has 116 valence electrons. The molecular weight excluding hydrogens is 272 g/mol. The zero-order valence-electron chi connectivity index (χ0n) is 12.7. The lowest BCUT2D eigenvalue weighted by atomic mass is 10.1. The van der Waals surface area contributed by atoms with Crippen molar-refractivity contribution >= 4 is 11.8 Å². The second kappa shape index (κ2) is 6.21. The number of carbonyl (C=O) groups is 2. The quantitative estimate of drug-likeness (QED) is 0.761. The highest BCUT2D eigenvalue weighted by molar-refractivity contribution is 5.87. The van der Waals surface area contributed by atoms with E-state index in [0.29, 0.717) is 25.5 Å². The maximum atomic E-state index is 12.3. The van der Waals surface area contributed by atoms with E-state index in [4.69, 9.17) is 5.73 Å². The fourth-order valence-electron chi connectivity index (χ4n) is 2.58. The number of amides is 2. The van der Waals surface area contributed by atoms with Gasteiger partial charge in [0.15, 0.2) is 0 Å². The third kappa shape index (κ3) is 3.57. The minimum Gasteiger partial charge on any atom is -0.368 e. The number of nitrogens with two attached hydrogens (primary N) is 1. The molecule has 8 nitrogen and oxygen atoms in total. The van der Waals surface area contributed by atoms with Crippen LogP contribution in [0.15, 0.2) is 0 Å². The molecule has 21 heavy (non-hydrogen) atoms. The topological polar surface area (TPSA) is 97.4 Å². The van der Waals surface area contributed by atoms with E-state index in [0.717, 1.165) is 12.4 Å². The Labute approximate surface area is 123 Å². The first-order chi connectivity index (χ1) is 9.88. The first-order valence-electron chi connectivity index (χ1n) is 7.04. The van der Waals surface area contributed by atoms with Gasteiger partial charge in [0.05, 0.1) is 6.54 Å². The second-order valence-corrected chi connectivity index (χ2v) is 5.45. The van der Waals surface area contributed by atoms with Crippen molar-refractivity contribution in [1.29, 1.82) is 0 Å². The predicted molar refractivity (Wildman–Crippen MR) is 76.3 cm³/mol. The summed E-state index contributed by atoms with van der Waals surface area (Å²) in [5.41, 5.74) is 5.41. The van der Waals surface area contributed by atoms with Crippen LogP contribution in [0, 0.1) is 13.8 Å². The molecule has 1 aromatic heterocycles. The number of carbonyl (C=O) groups excluding carboxylic acids is 2. The molecule has 0 aromatic carbocycles. The first-order valence-corrected chi connectivity index (χ1v) is 7.04. The van der Waals surface area contributed by atoms with Crippen molar-refractivity contribution in [2.75, 3.05) is 26.7 Å². The summed E-state index contributed by atoms with van der Waals surface area (Å²) in [6, 6.07) is -0.546. The maximum Gasteiger partial charge on any atom is 0.241 e. The molecular formula is C13H22N6O2. The Morgan fingerprint density at radius 2 is 2.05 bits per heavy atom. The van der Waals surface area contributed by atoms with E-state index in [-0.39, 0.29) is 12.3 Å². The minimum atomic E-state index is -0.546. The van der Waals surface area contributed by atoms with Gasteiger partial charge in [-0.3, -0.25) is 9.59 Å². The van der Waals surface area contributed by atoms with Crippen molar-refractivity contribution in [2.45, 2.75) is 32.9 Å². The first kappa shape index (κ1) is 15.4. The number of primary amides is 1. The molecule has 2 N–H and O–H groups in total. The van der Waals surface area contributed by atoms with Gasteiger partial charge in [0.1, 0.15) is 17.7 Å². The molecule has 2 heterocycles. The van der Waals surface area contributed by atoms with E-state index in [1.807, 2.05) is 25.8 Å². The molecule has 1 aromatic rings. The van der Waals surface area contributed by atoms with Crippen LogP contribution < -0.4 is 5.73 Å². The summed E-state index contributed by atoms with van der Waals surface area (Å²) in [7, 11) is 1.92. The van der Waals surface area contributed by atoms with E-state index in [2.05, 4.69) is 10.1 Å². The molecule has 1 saturated heterocycles. The summed E-state index contributed by atoms with van der Waals surface area (Å²) in [4.78, 5) is 31.7. The number of aryl methyl sites for hydroxylation is 3. The van der Waals surface area contributed by atoms with Gasteiger partial charge < -0.3 is 15.5 Å². The SMILES string of the molecule is Cc1nc(C)n(CCC(=O)N2CCN(C)CC2C(N)=O)n1. The summed E-state index contributed by atoms with van der Waals surface area (Å²) in [5, 5.41) is 4.23. The number of likely N-dealkylation sites (N-methyl/N-ethyl adjacent to an activating group) is 1. The second-order valence-electron chi connectivity index (χ2n) is 5.45. The molecule has 0 saturated carbocycles. The van der Waals surface area contributed by atoms with Gasteiger partial charge in [0, 0.05) is 26.1 Å². The molecule has 0 bridgehead atoms. The molecule has 1 atom stereocenters. The van der Waals surface area contributed by atoms with Crippen molar-refractivity contribution in [2.24, 2.45) is 5.73 Å². The largest absolute Gasteiger partial charge is 0.368 e. The smallest absolute Gasteiger partial charge is 0.241 e. The van der Waals surface area contributed by atoms with Gasteiger partial charge in [0.25, 0.3) is 0 Å². The Balaban J connectivity index is 1.98. The molecule has 0 radical (unpaired) electrons. The van der Waals surface area contributed by atoms with Crippen LogP contribution in [0.1, 0.15) is 18.1 Å². The number of nitrogens with zero attached hydrogens (tertiary/aromatic N) is 5. The molecule has 1 aliphatic heterocycles. The molecule has 0 aliphatic carbocycles. The van der Waals surface area contributed by atoms with E-state index in [1.165, 1.54) is 0 Å². The monoisotopic (exact) mass is 294 g/mol. The molecule has 2 amide bonds. The fraction of sp³-hybridized carbons (Fsp3) is 0.692. The summed E-state index contributed by atoms with van der Waals surface area (Å²) in [5.74, 6) is 0.946. The number of hydrogen-bond donors (Lipinski definition) is 1. The van der Waals surface area contributed by atoms with E-state index >= 15 is 0 Å². The van der Waals surface area contributed by atoms with Crippen LogP contribution in [0.25, 0.3) is 0 Å². The van der Waals surface area contributed by atoms with Crippen LogP contribution in [-0.2, 0) is 16.1 Å². The van der Waals surface area contributed by atoms with Crippen LogP contribution in [-0.4, -0.2) is 69.1 Å². The number of piperazine rings is 1. The average molecular weight is 294 g/mol. The zero-order valence-corrected chi connectivity index (χ0v) is 12.7. The van der Waals surface area contributed by atoms with E-state index < -0.39 is 11.9 Å². The maximum absolute atomic E-state index is 12.3. The number of hydrogen-bond acceptors (Lipinski definition) is 5. The molecule has 8 heteroatoms. The standard InChI is InChI=1S/C13H22N6O2/c1-9-15-10(2)19(16-9)5-4-12(20)18-7-6-17(3)8-11(18)13(14)21/h11H,4-8H2,1-3H3,(H2,14,21). The predicted octanol–water partition coefficient (Wildman–Crippen LogP) is -1.09. The number of rotatable bonds is 4. The third-order valence-electron chi connectivity index (χ3n) is 3.73. The average Bonchev–Trinajstić information content (AvgIpc) is 2.74. The summed E-state index contributed by atoms with van der Waals surface area (Å²) in [6.07, 6.45) is 0.289. The highest BCUT2D eigenvalue weighted by Gasteiger charge is 2.32. The van der Waals surface area contributed by atoms with Crippen molar-refractivity contribution in [3.05, 3.63) is 11.6 Å². The van der Waals surface area contributed by atoms with Gasteiger partial charge in [-0.15, -0.1) is 0 Å². The lowest BCUT2D eigenvalue weighted by Crippen LogP contribution is -2.59. The normalized spacial score (nSPS) is 19.8. The van der Waals surface area contributed by atoms with Gasteiger partial charge in [0.2, 0.25) is 11.8 Å². The van der Waals surface area contributed by atoms with E-state index in [9.17, 15) is 9.59 Å². The van der Waals surface area contributed by atoms with Crippen molar-refractivity contribution in [3.63, 3.8) is 0 Å². The van der Waals surface area contributed by atoms with Crippen molar-refractivity contribution in [1.82, 2.24) is 24.6 Å². The lowest BCUT2D eigenvalue weighted by Gasteiger charge is -2.38. The van der Waals surface area contributed by atoms with E-state index in [1.54, 1.807) is 9.58 Å².